The van der Waals surface area contributed by atoms with Crippen molar-refractivity contribution in [2.45, 2.75) is 6.61 Å². The van der Waals surface area contributed by atoms with Gasteiger partial charge in [0.05, 0.1) is 5.02 Å². The molecule has 1 heterocycles. The van der Waals surface area contributed by atoms with E-state index in [2.05, 4.69) is 16.3 Å². The van der Waals surface area contributed by atoms with Gasteiger partial charge >= 0.3 is 0 Å². The van der Waals surface area contributed by atoms with Crippen molar-refractivity contribution in [1.82, 2.24) is 5.32 Å². The lowest BCUT2D eigenvalue weighted by Gasteiger charge is -2.31. The fraction of sp³-hybridized carbons (Fsp3) is 0.294. The number of rotatable bonds is 4. The SMILES string of the molecule is Fc1c(Cl)cccc1OCc1ccccc1N1CCNCC1. The van der Waals surface area contributed by atoms with E-state index in [-0.39, 0.29) is 10.8 Å². The summed E-state index contributed by atoms with van der Waals surface area (Å²) in [4.78, 5) is 2.32. The van der Waals surface area contributed by atoms with Crippen LogP contribution in [0, 0.1) is 5.82 Å². The normalized spacial score (nSPS) is 14.9. The highest BCUT2D eigenvalue weighted by Crippen LogP contribution is 2.27. The number of nitrogens with one attached hydrogen (secondary N) is 1. The largest absolute Gasteiger partial charge is 0.486 e. The van der Waals surface area contributed by atoms with E-state index in [0.29, 0.717) is 6.61 Å². The third kappa shape index (κ3) is 3.34. The maximum Gasteiger partial charge on any atom is 0.183 e. The Morgan fingerprint density at radius 3 is 2.68 bits per heavy atom. The molecular weight excluding hydrogens is 303 g/mol. The number of para-hydroxylation sites is 1. The molecule has 0 amide bonds. The number of nitrogens with zero attached hydrogens (tertiary/aromatic N) is 1. The van der Waals surface area contributed by atoms with Gasteiger partial charge in [0.1, 0.15) is 6.61 Å². The molecule has 1 aliphatic rings. The minimum atomic E-state index is -0.510. The van der Waals surface area contributed by atoms with Crippen molar-refractivity contribution in [2.24, 2.45) is 0 Å². The number of halogens is 2. The van der Waals surface area contributed by atoms with Gasteiger partial charge in [0.15, 0.2) is 11.6 Å². The van der Waals surface area contributed by atoms with Crippen molar-refractivity contribution in [3.8, 4) is 5.75 Å². The van der Waals surface area contributed by atoms with Gasteiger partial charge in [-0.2, -0.15) is 0 Å². The molecule has 0 unspecified atom stereocenters. The van der Waals surface area contributed by atoms with Crippen LogP contribution in [0.3, 0.4) is 0 Å². The summed E-state index contributed by atoms with van der Waals surface area (Å²) in [6.07, 6.45) is 0. The van der Waals surface area contributed by atoms with E-state index in [4.69, 9.17) is 16.3 Å². The summed E-state index contributed by atoms with van der Waals surface area (Å²) in [6.45, 7) is 4.18. The second-order valence-corrected chi connectivity index (χ2v) is 5.61. The smallest absolute Gasteiger partial charge is 0.183 e. The van der Waals surface area contributed by atoms with E-state index in [1.165, 1.54) is 6.07 Å². The minimum Gasteiger partial charge on any atom is -0.486 e. The zero-order chi connectivity index (χ0) is 15.4. The highest BCUT2D eigenvalue weighted by molar-refractivity contribution is 6.30. The number of anilines is 1. The summed E-state index contributed by atoms with van der Waals surface area (Å²) in [5.74, 6) is -0.327. The third-order valence-corrected chi connectivity index (χ3v) is 4.04. The molecule has 0 atom stereocenters. The highest BCUT2D eigenvalue weighted by atomic mass is 35.5. The topological polar surface area (TPSA) is 24.5 Å². The van der Waals surface area contributed by atoms with Crippen LogP contribution in [-0.4, -0.2) is 26.2 Å². The third-order valence-electron chi connectivity index (χ3n) is 3.75. The highest BCUT2D eigenvalue weighted by Gasteiger charge is 2.15. The number of ether oxygens (including phenoxy) is 1. The summed E-state index contributed by atoms with van der Waals surface area (Å²) in [5.41, 5.74) is 2.19. The van der Waals surface area contributed by atoms with Gasteiger partial charge in [-0.1, -0.05) is 35.9 Å². The maximum atomic E-state index is 13.9. The van der Waals surface area contributed by atoms with Crippen LogP contribution in [0.1, 0.15) is 5.56 Å². The molecule has 0 saturated carbocycles. The quantitative estimate of drug-likeness (QED) is 0.933. The molecule has 2 aromatic carbocycles. The molecule has 0 aliphatic carbocycles. The van der Waals surface area contributed by atoms with Crippen LogP contribution >= 0.6 is 11.6 Å². The van der Waals surface area contributed by atoms with Crippen LogP contribution in [0.5, 0.6) is 5.75 Å². The lowest BCUT2D eigenvalue weighted by Crippen LogP contribution is -2.43. The Labute approximate surface area is 134 Å². The molecule has 1 aliphatic heterocycles. The second kappa shape index (κ2) is 6.99. The van der Waals surface area contributed by atoms with Gasteiger partial charge < -0.3 is 15.0 Å². The Hall–Kier alpha value is -1.78. The summed E-state index contributed by atoms with van der Waals surface area (Å²) in [5, 5.41) is 3.42. The number of piperazine rings is 1. The van der Waals surface area contributed by atoms with Crippen LogP contribution in [-0.2, 0) is 6.61 Å². The van der Waals surface area contributed by atoms with Gasteiger partial charge in [0.2, 0.25) is 0 Å². The fourth-order valence-electron chi connectivity index (χ4n) is 2.60. The van der Waals surface area contributed by atoms with Crippen molar-refractivity contribution >= 4 is 17.3 Å². The number of hydrogen-bond donors (Lipinski definition) is 1. The molecular formula is C17H18ClFN2O. The van der Waals surface area contributed by atoms with Gasteiger partial charge in [-0.15, -0.1) is 0 Å². The van der Waals surface area contributed by atoms with E-state index >= 15 is 0 Å². The zero-order valence-electron chi connectivity index (χ0n) is 12.2. The molecule has 116 valence electrons. The van der Waals surface area contributed by atoms with Gasteiger partial charge in [-0.25, -0.2) is 4.39 Å². The molecule has 1 N–H and O–H groups in total. The lowest BCUT2D eigenvalue weighted by molar-refractivity contribution is 0.290. The first-order chi connectivity index (χ1) is 10.8. The molecule has 2 aromatic rings. The predicted molar refractivity (Wildman–Crippen MR) is 87.3 cm³/mol. The van der Waals surface area contributed by atoms with Crippen molar-refractivity contribution in [3.63, 3.8) is 0 Å². The molecule has 1 saturated heterocycles. The fourth-order valence-corrected chi connectivity index (χ4v) is 2.76. The average molecular weight is 321 g/mol. The average Bonchev–Trinajstić information content (AvgIpc) is 2.57. The molecule has 3 nitrogen and oxygen atoms in total. The lowest BCUT2D eigenvalue weighted by atomic mass is 10.1. The van der Waals surface area contributed by atoms with Gasteiger partial charge in [-0.05, 0) is 18.2 Å². The van der Waals surface area contributed by atoms with Gasteiger partial charge in [0, 0.05) is 37.4 Å². The first kappa shape index (κ1) is 15.1. The summed E-state index contributed by atoms with van der Waals surface area (Å²) >= 11 is 5.78. The van der Waals surface area contributed by atoms with E-state index in [1.807, 2.05) is 18.2 Å². The van der Waals surface area contributed by atoms with Crippen molar-refractivity contribution in [1.29, 1.82) is 0 Å². The Kier molecular flexibility index (Phi) is 4.80. The van der Waals surface area contributed by atoms with Crippen LogP contribution in [0.15, 0.2) is 42.5 Å². The standard InChI is InChI=1S/C17H18ClFN2O/c18-14-5-3-7-16(17(14)19)22-12-13-4-1-2-6-15(13)21-10-8-20-9-11-21/h1-7,20H,8-12H2. The molecule has 1 fully saturated rings. The maximum absolute atomic E-state index is 13.9. The summed E-state index contributed by atoms with van der Waals surface area (Å²) in [6, 6.07) is 12.9. The minimum absolute atomic E-state index is 0.0768. The Morgan fingerprint density at radius 2 is 1.86 bits per heavy atom. The van der Waals surface area contributed by atoms with Crippen LogP contribution in [0.2, 0.25) is 5.02 Å². The molecule has 0 spiro atoms. The van der Waals surface area contributed by atoms with Crippen molar-refractivity contribution in [3.05, 3.63) is 58.9 Å². The first-order valence-electron chi connectivity index (χ1n) is 7.36. The predicted octanol–water partition coefficient (Wildman–Crippen LogP) is 3.47. The molecule has 0 aromatic heterocycles. The molecule has 0 radical (unpaired) electrons. The second-order valence-electron chi connectivity index (χ2n) is 5.21. The van der Waals surface area contributed by atoms with Crippen molar-refractivity contribution < 1.29 is 9.13 Å². The Balaban J connectivity index is 1.76. The Morgan fingerprint density at radius 1 is 1.09 bits per heavy atom. The summed E-state index contributed by atoms with van der Waals surface area (Å²) < 4.78 is 19.5. The van der Waals surface area contributed by atoms with E-state index in [9.17, 15) is 4.39 Å². The molecule has 3 rings (SSSR count). The van der Waals surface area contributed by atoms with E-state index in [1.54, 1.807) is 12.1 Å². The van der Waals surface area contributed by atoms with E-state index in [0.717, 1.165) is 37.4 Å². The van der Waals surface area contributed by atoms with Gasteiger partial charge in [-0.3, -0.25) is 0 Å². The van der Waals surface area contributed by atoms with Crippen LogP contribution in [0.25, 0.3) is 0 Å². The molecule has 0 bridgehead atoms. The Bertz CT molecular complexity index is 644. The monoisotopic (exact) mass is 320 g/mol. The van der Waals surface area contributed by atoms with E-state index < -0.39 is 5.82 Å². The van der Waals surface area contributed by atoms with Gasteiger partial charge in [0.25, 0.3) is 0 Å². The summed E-state index contributed by atoms with van der Waals surface area (Å²) in [7, 11) is 0. The molecule has 22 heavy (non-hydrogen) atoms. The molecule has 5 heteroatoms. The number of benzene rings is 2. The first-order valence-corrected chi connectivity index (χ1v) is 7.74. The zero-order valence-corrected chi connectivity index (χ0v) is 12.9. The van der Waals surface area contributed by atoms with Crippen LogP contribution in [0.4, 0.5) is 10.1 Å². The van der Waals surface area contributed by atoms with Crippen molar-refractivity contribution in [2.75, 3.05) is 31.1 Å². The number of hydrogen-bond acceptors (Lipinski definition) is 3. The van der Waals surface area contributed by atoms with Crippen LogP contribution < -0.4 is 15.0 Å².